The normalized spacial score (nSPS) is 23.9. The fourth-order valence-corrected chi connectivity index (χ4v) is 21.8. The maximum Gasteiger partial charge on any atom is 0.278 e. The molecule has 0 unspecified atom stereocenters. The minimum absolute atomic E-state index is 0.00657. The predicted octanol–water partition coefficient (Wildman–Crippen LogP) is 10.5. The molecule has 4 saturated heterocycles. The molecule has 8 aliphatic heterocycles. The van der Waals surface area contributed by atoms with Gasteiger partial charge in [0.05, 0.1) is 0 Å². The van der Waals surface area contributed by atoms with Crippen molar-refractivity contribution in [1.82, 2.24) is 59.6 Å². The Kier molecular flexibility index (Phi) is 25.9. The van der Waals surface area contributed by atoms with Crippen molar-refractivity contribution >= 4 is 47.3 Å². The average Bonchev–Trinajstić information content (AvgIpc) is 1.70. The van der Waals surface area contributed by atoms with Gasteiger partial charge in [-0.15, -0.1) is 0 Å². The lowest BCUT2D eigenvalue weighted by Crippen LogP contribution is -2.58. The molecule has 6 aromatic carbocycles. The smallest absolute Gasteiger partial charge is 0.278 e. The zero-order chi connectivity index (χ0) is 104. The van der Waals surface area contributed by atoms with Crippen LogP contribution in [0, 0.1) is 117 Å². The number of nitrogens with zero attached hydrogens (tertiary/aromatic N) is 12. The Bertz CT molecular complexity index is 6870. The first-order valence-corrected chi connectivity index (χ1v) is 47.4. The van der Waals surface area contributed by atoms with Gasteiger partial charge in [0.25, 0.3) is 47.3 Å². The van der Waals surface area contributed by atoms with E-state index in [1.807, 2.05) is 112 Å². The van der Waals surface area contributed by atoms with Crippen LogP contribution in [-0.4, -0.2) is 171 Å². The summed E-state index contributed by atoms with van der Waals surface area (Å²) in [5, 5.41) is 37.9. The molecule has 764 valence electrons. The van der Waals surface area contributed by atoms with E-state index in [2.05, 4.69) is 21.3 Å². The van der Waals surface area contributed by atoms with Gasteiger partial charge in [0, 0.05) is 170 Å². The lowest BCUT2D eigenvalue weighted by molar-refractivity contribution is 0.0595. The molecule has 16 atom stereocenters. The van der Waals surface area contributed by atoms with Crippen molar-refractivity contribution in [2.24, 2.45) is 47.3 Å². The second-order valence-corrected chi connectivity index (χ2v) is 38.9. The highest BCUT2D eigenvalue weighted by Gasteiger charge is 2.60. The minimum Gasteiger partial charge on any atom is -0.502 e. The lowest BCUT2D eigenvalue weighted by atomic mass is 10.1. The highest BCUT2D eigenvalue weighted by Crippen LogP contribution is 2.54. The van der Waals surface area contributed by atoms with Crippen LogP contribution < -0.4 is 72.5 Å². The van der Waals surface area contributed by atoms with Gasteiger partial charge in [0.2, 0.25) is 21.7 Å². The van der Waals surface area contributed by atoms with Crippen molar-refractivity contribution in [2.75, 3.05) is 46.7 Å². The van der Waals surface area contributed by atoms with E-state index in [0.717, 1.165) is 36.8 Å². The van der Waals surface area contributed by atoms with Gasteiger partial charge < -0.3 is 60.6 Å². The molecule has 8 bridgehead atoms. The van der Waals surface area contributed by atoms with Crippen LogP contribution in [0.4, 0.5) is 52.7 Å². The van der Waals surface area contributed by atoms with E-state index >= 15 is 0 Å². The summed E-state index contributed by atoms with van der Waals surface area (Å²) in [5.74, 6) is -19.0. The van der Waals surface area contributed by atoms with Crippen LogP contribution in [0.15, 0.2) is 153 Å². The maximum atomic E-state index is 14.2. The molecular formula is C102H96F12N16O16. The van der Waals surface area contributed by atoms with E-state index in [1.165, 1.54) is 43.5 Å². The first-order chi connectivity index (χ1) is 69.5. The Morgan fingerprint density at radius 3 is 0.740 bits per heavy atom. The number of pyridine rings is 4. The van der Waals surface area contributed by atoms with Gasteiger partial charge in [-0.05, 0) is 140 Å². The Morgan fingerprint density at radius 2 is 0.507 bits per heavy atom. The second-order valence-electron chi connectivity index (χ2n) is 38.9. The molecule has 0 spiro atoms. The largest absolute Gasteiger partial charge is 0.502 e. The second kappa shape index (κ2) is 38.2. The maximum absolute atomic E-state index is 14.2. The molecule has 6 N–H and O–H groups in total. The number of halogens is 12. The quantitative estimate of drug-likeness (QED) is 0.0435. The first-order valence-electron chi connectivity index (χ1n) is 47.4. The number of rotatable bonds is 18. The molecule has 32 nitrogen and oxygen atoms in total. The summed E-state index contributed by atoms with van der Waals surface area (Å²) in [6, 6.07) is 21.9. The van der Waals surface area contributed by atoms with Crippen molar-refractivity contribution in [2.45, 2.75) is 169 Å². The zero-order valence-electron chi connectivity index (χ0n) is 79.4. The molecule has 10 aromatic rings. The van der Waals surface area contributed by atoms with Crippen LogP contribution in [-0.2, 0) is 39.4 Å². The SMILES string of the molecule is C[C@@H]1[C@H]2C[C@H]2[C@H](C)N2CN1n1cc(C(=O)NCc3c(F)cc(F)cc3F)c(=O)c(O)c1C2=O.C[C@@H]1[C@H]2C[C@H]2[C@H](C)N2CN1n1cc(C(=O)NCc3c(F)cc(F)cc3F)c(=O)c(O)c1C2=O.C[C@@H]1[C@H]2C[C@H]2[C@H](C)N2CN1n1cc(C(=O)NCc3c(F)cc(F)cc3F)c(=O)c(OCc3ccccc3)c1C2=O.C[C@@H]1[C@H]2C[C@H]2[C@H](C)N2CN1n1cc(C(=O)NCc3c(F)cc(F)cc3F)c(=O)c(OCc3ccccc3)c1C2=O. The number of hydrogen-bond acceptors (Lipinski definition) is 20. The Hall–Kier alpha value is -15.6. The van der Waals surface area contributed by atoms with Crippen molar-refractivity contribution in [3.8, 4) is 23.0 Å². The average molecular weight is 2030 g/mol. The number of fused-ring (bicyclic) bond motifs is 20. The van der Waals surface area contributed by atoms with Crippen LogP contribution in [0.1, 0.15) is 198 Å². The van der Waals surface area contributed by atoms with Crippen molar-refractivity contribution in [3.63, 3.8) is 0 Å². The summed E-state index contributed by atoms with van der Waals surface area (Å²) in [4.78, 5) is 165. The van der Waals surface area contributed by atoms with Crippen LogP contribution >= 0.6 is 0 Å². The highest BCUT2D eigenvalue weighted by atomic mass is 19.2. The third kappa shape index (κ3) is 17.8. The van der Waals surface area contributed by atoms with E-state index in [1.54, 1.807) is 43.9 Å². The molecule has 8 amide bonds. The van der Waals surface area contributed by atoms with E-state index in [9.17, 15) is 120 Å². The number of amides is 8. The third-order valence-corrected chi connectivity index (χ3v) is 30.7. The monoisotopic (exact) mass is 2030 g/mol. The summed E-state index contributed by atoms with van der Waals surface area (Å²) in [6.07, 6.45) is 8.76. The van der Waals surface area contributed by atoms with E-state index < -0.39 is 198 Å². The fraction of sp³-hybridized carbons (Fsp3) is 0.373. The van der Waals surface area contributed by atoms with Crippen LogP contribution in [0.2, 0.25) is 0 Å². The number of nitrogens with one attached hydrogen (secondary N) is 4. The van der Waals surface area contributed by atoms with Gasteiger partial charge in [0.15, 0.2) is 45.8 Å². The van der Waals surface area contributed by atoms with Gasteiger partial charge in [-0.25, -0.2) is 52.7 Å². The number of carbonyl (C=O) groups excluding carboxylic acids is 8. The predicted molar refractivity (Wildman–Crippen MR) is 497 cm³/mol. The third-order valence-electron chi connectivity index (χ3n) is 30.7. The molecule has 0 radical (unpaired) electrons. The summed E-state index contributed by atoms with van der Waals surface area (Å²) < 4.78 is 183. The summed E-state index contributed by atoms with van der Waals surface area (Å²) in [5.41, 5.74) is -6.60. The van der Waals surface area contributed by atoms with Gasteiger partial charge in [-0.3, -0.25) is 96.3 Å². The molecule has 4 aromatic heterocycles. The molecule has 4 aliphatic carbocycles. The molecule has 12 aliphatic rings. The summed E-state index contributed by atoms with van der Waals surface area (Å²) in [7, 11) is 0. The first kappa shape index (κ1) is 99.2. The number of carbonyl (C=O) groups is 8. The van der Waals surface area contributed by atoms with Crippen molar-refractivity contribution < 1.29 is 111 Å². The number of hydrogen-bond donors (Lipinski definition) is 6. The lowest BCUT2D eigenvalue weighted by Gasteiger charge is -2.43. The molecule has 44 heteroatoms. The number of benzene rings is 6. The fourth-order valence-electron chi connectivity index (χ4n) is 21.8. The summed E-state index contributed by atoms with van der Waals surface area (Å²) in [6.45, 7) is 14.4. The van der Waals surface area contributed by atoms with Gasteiger partial charge in [-0.2, -0.15) is 0 Å². The summed E-state index contributed by atoms with van der Waals surface area (Å²) >= 11 is 0. The topological polar surface area (TPSA) is 358 Å². The standard InChI is InChI=1S/2C29H27F3N4O4.2C22H21F3N4O4/c2*1-15-19-10-20(19)16(2)36-14-34(15)29(39)25-27(40-13-17-6-4-3-5-7-17)26(37)22(12-35(25)36)28(38)33-11-21-23(31)8-18(30)9-24(21)32;2*1-9-12-5-13(12)10(2)29-8-27(9)22(33)18-20(31)19(30)15(7-28(18)29)21(32)26-6-14-16(24)3-11(23)4-17(14)25/h2*3-9,12,15-16,19-20H,10-11,13-14H2,1-2H3,(H,33,38);2*3-4,7,9-10,12-13,31H,5-6,8H2,1-2H3,(H,26,32)/t2*15-,16+,19-,20+;2*9-,10+,12-,13+/m0000/s1. The van der Waals surface area contributed by atoms with Crippen LogP contribution in [0.25, 0.3) is 0 Å². The molecule has 4 saturated carbocycles. The van der Waals surface area contributed by atoms with E-state index in [-0.39, 0.29) is 145 Å². The van der Waals surface area contributed by atoms with Gasteiger partial charge in [0.1, 0.15) is 132 Å². The molecule has 12 heterocycles. The molecular weight excluding hydrogens is 1930 g/mol. The minimum atomic E-state index is -1.19. The van der Waals surface area contributed by atoms with Crippen molar-refractivity contribution in [3.05, 3.63) is 323 Å². The highest BCUT2D eigenvalue weighted by molar-refractivity contribution is 6.03. The van der Waals surface area contributed by atoms with E-state index in [0.29, 0.717) is 95.9 Å². The van der Waals surface area contributed by atoms with E-state index in [4.69, 9.17) is 9.47 Å². The van der Waals surface area contributed by atoms with Crippen LogP contribution in [0.3, 0.4) is 0 Å². The number of aromatic hydroxyl groups is 2. The van der Waals surface area contributed by atoms with Crippen molar-refractivity contribution in [1.29, 1.82) is 0 Å². The number of ether oxygens (including phenoxy) is 2. The van der Waals surface area contributed by atoms with Crippen LogP contribution in [0.5, 0.6) is 23.0 Å². The Labute approximate surface area is 822 Å². The Balaban J connectivity index is 0.000000123. The van der Waals surface area contributed by atoms with Gasteiger partial charge >= 0.3 is 0 Å². The molecule has 8 fully saturated rings. The zero-order valence-corrected chi connectivity index (χ0v) is 79.4. The molecule has 22 rings (SSSR count). The number of aromatic nitrogens is 4. The van der Waals surface area contributed by atoms with Gasteiger partial charge in [-0.1, -0.05) is 60.7 Å². The molecule has 146 heavy (non-hydrogen) atoms. The Morgan fingerprint density at radius 1 is 0.301 bits per heavy atom.